The molecule has 176 valence electrons. The Hall–Kier alpha value is -3.47. The van der Waals surface area contributed by atoms with Crippen LogP contribution in [-0.2, 0) is 17.6 Å². The Labute approximate surface area is 201 Å². The fraction of sp³-hybridized carbons (Fsp3) is 0.310. The lowest BCUT2D eigenvalue weighted by atomic mass is 9.94. The van der Waals surface area contributed by atoms with Crippen molar-refractivity contribution < 1.29 is 14.0 Å². The molecule has 0 spiro atoms. The van der Waals surface area contributed by atoms with Gasteiger partial charge in [0, 0.05) is 37.7 Å². The Morgan fingerprint density at radius 1 is 0.765 bits per heavy atom. The van der Waals surface area contributed by atoms with Gasteiger partial charge in [0.15, 0.2) is 0 Å². The number of carbonyl (C=O) groups is 2. The maximum Gasteiger partial charge on any atom is 0.253 e. The van der Waals surface area contributed by atoms with E-state index < -0.39 is 0 Å². The normalized spacial score (nSPS) is 14.1. The molecule has 3 aromatic rings. The van der Waals surface area contributed by atoms with E-state index >= 15 is 0 Å². The lowest BCUT2D eigenvalue weighted by molar-refractivity contribution is -0.136. The molecule has 1 saturated heterocycles. The van der Waals surface area contributed by atoms with Gasteiger partial charge in [0.05, 0.1) is 0 Å². The van der Waals surface area contributed by atoms with Crippen LogP contribution in [-0.4, -0.2) is 47.8 Å². The van der Waals surface area contributed by atoms with Gasteiger partial charge in [-0.05, 0) is 61.1 Å². The molecule has 0 radical (unpaired) electrons. The SMILES string of the molecule is O=C(c1ccc(F)cc1)N1CCC(C(=O)N(CCc2ccccc2)CCc2ccccc2)CC1. The van der Waals surface area contributed by atoms with Gasteiger partial charge in [-0.3, -0.25) is 9.59 Å². The first-order valence-corrected chi connectivity index (χ1v) is 12.0. The second-order valence-corrected chi connectivity index (χ2v) is 8.87. The van der Waals surface area contributed by atoms with Crippen molar-refractivity contribution in [3.8, 4) is 0 Å². The summed E-state index contributed by atoms with van der Waals surface area (Å²) in [7, 11) is 0. The van der Waals surface area contributed by atoms with Crippen molar-refractivity contribution in [2.75, 3.05) is 26.2 Å². The number of amides is 2. The predicted octanol–water partition coefficient (Wildman–Crippen LogP) is 4.99. The van der Waals surface area contributed by atoms with Crippen molar-refractivity contribution in [3.05, 3.63) is 107 Å². The third kappa shape index (κ3) is 6.31. The molecule has 0 bridgehead atoms. The topological polar surface area (TPSA) is 40.6 Å². The molecular weight excluding hydrogens is 427 g/mol. The molecule has 0 atom stereocenters. The van der Waals surface area contributed by atoms with E-state index in [-0.39, 0.29) is 23.5 Å². The highest BCUT2D eigenvalue weighted by Crippen LogP contribution is 2.22. The highest BCUT2D eigenvalue weighted by molar-refractivity contribution is 5.94. The maximum atomic E-state index is 13.5. The molecule has 0 N–H and O–H groups in total. The summed E-state index contributed by atoms with van der Waals surface area (Å²) >= 11 is 0. The van der Waals surface area contributed by atoms with Crippen LogP contribution >= 0.6 is 0 Å². The van der Waals surface area contributed by atoms with Gasteiger partial charge in [0.25, 0.3) is 5.91 Å². The van der Waals surface area contributed by atoms with E-state index in [0.717, 1.165) is 12.8 Å². The van der Waals surface area contributed by atoms with E-state index in [9.17, 15) is 14.0 Å². The molecule has 4 rings (SSSR count). The molecule has 1 heterocycles. The first-order chi connectivity index (χ1) is 16.6. The average Bonchev–Trinajstić information content (AvgIpc) is 2.90. The fourth-order valence-electron chi connectivity index (χ4n) is 4.51. The van der Waals surface area contributed by atoms with E-state index in [1.54, 1.807) is 4.90 Å². The third-order valence-electron chi connectivity index (χ3n) is 6.56. The number of nitrogens with zero attached hydrogens (tertiary/aromatic N) is 2. The molecule has 1 aliphatic heterocycles. The molecular formula is C29H31FN2O2. The lowest BCUT2D eigenvalue weighted by Crippen LogP contribution is -2.45. The number of hydrogen-bond donors (Lipinski definition) is 0. The number of hydrogen-bond acceptors (Lipinski definition) is 2. The Morgan fingerprint density at radius 2 is 1.26 bits per heavy atom. The van der Waals surface area contributed by atoms with E-state index in [0.29, 0.717) is 44.6 Å². The quantitative estimate of drug-likeness (QED) is 0.477. The van der Waals surface area contributed by atoms with Crippen LogP contribution < -0.4 is 0 Å². The summed E-state index contributed by atoms with van der Waals surface area (Å²) in [5.41, 5.74) is 2.93. The second-order valence-electron chi connectivity index (χ2n) is 8.87. The van der Waals surface area contributed by atoms with Crippen LogP contribution in [0.15, 0.2) is 84.9 Å². The Bertz CT molecular complexity index is 1020. The molecule has 3 aromatic carbocycles. The minimum Gasteiger partial charge on any atom is -0.342 e. The molecule has 4 nitrogen and oxygen atoms in total. The number of likely N-dealkylation sites (tertiary alicyclic amines) is 1. The standard InChI is InChI=1S/C29H31FN2O2/c30-27-13-11-25(12-14-27)28(33)32-21-17-26(18-22-32)29(34)31(19-15-23-7-3-1-4-8-23)20-16-24-9-5-2-6-10-24/h1-14,26H,15-22H2. The van der Waals surface area contributed by atoms with Crippen LogP contribution in [0.25, 0.3) is 0 Å². The van der Waals surface area contributed by atoms with Crippen molar-refractivity contribution in [3.63, 3.8) is 0 Å². The van der Waals surface area contributed by atoms with Gasteiger partial charge in [-0.25, -0.2) is 4.39 Å². The van der Waals surface area contributed by atoms with Crippen LogP contribution in [0, 0.1) is 11.7 Å². The second kappa shape index (κ2) is 11.6. The Kier molecular flexibility index (Phi) is 8.08. The van der Waals surface area contributed by atoms with Crippen LogP contribution in [0.3, 0.4) is 0 Å². The van der Waals surface area contributed by atoms with Crippen molar-refractivity contribution in [2.45, 2.75) is 25.7 Å². The van der Waals surface area contributed by atoms with E-state index in [1.807, 2.05) is 41.3 Å². The maximum absolute atomic E-state index is 13.5. The summed E-state index contributed by atoms with van der Waals surface area (Å²) < 4.78 is 13.2. The fourth-order valence-corrected chi connectivity index (χ4v) is 4.51. The zero-order chi connectivity index (χ0) is 23.8. The number of halogens is 1. The zero-order valence-electron chi connectivity index (χ0n) is 19.4. The van der Waals surface area contributed by atoms with Crippen molar-refractivity contribution >= 4 is 11.8 Å². The Balaban J connectivity index is 1.36. The van der Waals surface area contributed by atoms with Gasteiger partial charge >= 0.3 is 0 Å². The van der Waals surface area contributed by atoms with E-state index in [1.165, 1.54) is 35.4 Å². The van der Waals surface area contributed by atoms with Crippen LogP contribution in [0.1, 0.15) is 34.3 Å². The highest BCUT2D eigenvalue weighted by atomic mass is 19.1. The summed E-state index contributed by atoms with van der Waals surface area (Å²) in [6.45, 7) is 2.45. The number of benzene rings is 3. The summed E-state index contributed by atoms with van der Waals surface area (Å²) in [6.07, 6.45) is 2.95. The monoisotopic (exact) mass is 458 g/mol. The molecule has 1 aliphatic rings. The minimum absolute atomic E-state index is 0.0798. The molecule has 34 heavy (non-hydrogen) atoms. The van der Waals surface area contributed by atoms with Crippen LogP contribution in [0.2, 0.25) is 0 Å². The number of piperidine rings is 1. The van der Waals surface area contributed by atoms with Gasteiger partial charge in [-0.15, -0.1) is 0 Å². The summed E-state index contributed by atoms with van der Waals surface area (Å²) in [5.74, 6) is -0.354. The molecule has 0 aromatic heterocycles. The summed E-state index contributed by atoms with van der Waals surface area (Å²) in [5, 5.41) is 0. The van der Waals surface area contributed by atoms with Crippen molar-refractivity contribution in [1.29, 1.82) is 0 Å². The smallest absolute Gasteiger partial charge is 0.253 e. The Morgan fingerprint density at radius 3 is 1.76 bits per heavy atom. The largest absolute Gasteiger partial charge is 0.342 e. The van der Waals surface area contributed by atoms with E-state index in [4.69, 9.17) is 0 Å². The zero-order valence-corrected chi connectivity index (χ0v) is 19.4. The average molecular weight is 459 g/mol. The molecule has 0 aliphatic carbocycles. The third-order valence-corrected chi connectivity index (χ3v) is 6.56. The summed E-state index contributed by atoms with van der Waals surface area (Å²) in [4.78, 5) is 30.0. The number of rotatable bonds is 8. The van der Waals surface area contributed by atoms with Gasteiger partial charge in [-0.2, -0.15) is 0 Å². The van der Waals surface area contributed by atoms with Crippen LogP contribution in [0.5, 0.6) is 0 Å². The minimum atomic E-state index is -0.355. The van der Waals surface area contributed by atoms with Crippen molar-refractivity contribution in [1.82, 2.24) is 9.80 Å². The van der Waals surface area contributed by atoms with E-state index in [2.05, 4.69) is 24.3 Å². The molecule has 0 saturated carbocycles. The lowest BCUT2D eigenvalue weighted by Gasteiger charge is -2.34. The first kappa shape index (κ1) is 23.7. The molecule has 5 heteroatoms. The molecule has 0 unspecified atom stereocenters. The first-order valence-electron chi connectivity index (χ1n) is 12.0. The molecule has 2 amide bonds. The van der Waals surface area contributed by atoms with Gasteiger partial charge in [0.2, 0.25) is 5.91 Å². The van der Waals surface area contributed by atoms with Gasteiger partial charge < -0.3 is 9.80 Å². The predicted molar refractivity (Wildman–Crippen MR) is 132 cm³/mol. The number of carbonyl (C=O) groups excluding carboxylic acids is 2. The summed E-state index contributed by atoms with van der Waals surface area (Å²) in [6, 6.07) is 26.1. The van der Waals surface area contributed by atoms with Gasteiger partial charge in [-0.1, -0.05) is 60.7 Å². The molecule has 1 fully saturated rings. The highest BCUT2D eigenvalue weighted by Gasteiger charge is 2.30. The van der Waals surface area contributed by atoms with Crippen LogP contribution in [0.4, 0.5) is 4.39 Å². The van der Waals surface area contributed by atoms with Gasteiger partial charge in [0.1, 0.15) is 5.82 Å². The van der Waals surface area contributed by atoms with Crippen molar-refractivity contribution in [2.24, 2.45) is 5.92 Å².